The zero-order valence-corrected chi connectivity index (χ0v) is 11.7. The number of nitrogens with one attached hydrogen (secondary N) is 1. The monoisotopic (exact) mass is 294 g/mol. The van der Waals surface area contributed by atoms with Crippen LogP contribution in [0.2, 0.25) is 0 Å². The summed E-state index contributed by atoms with van der Waals surface area (Å²) in [5, 5.41) is 11.4. The maximum atomic E-state index is 12.0. The zero-order chi connectivity index (χ0) is 15.8. The van der Waals surface area contributed by atoms with E-state index in [0.29, 0.717) is 12.4 Å². The molecule has 21 heavy (non-hydrogen) atoms. The van der Waals surface area contributed by atoms with Crippen LogP contribution in [-0.2, 0) is 9.59 Å². The van der Waals surface area contributed by atoms with Crippen molar-refractivity contribution in [1.82, 2.24) is 5.32 Å². The van der Waals surface area contributed by atoms with Gasteiger partial charge in [-0.05, 0) is 31.5 Å². The van der Waals surface area contributed by atoms with Crippen molar-refractivity contribution in [1.29, 1.82) is 0 Å². The number of rotatable bonds is 8. The Morgan fingerprint density at radius 1 is 1.38 bits per heavy atom. The molecule has 1 rings (SSSR count). The van der Waals surface area contributed by atoms with Crippen molar-refractivity contribution in [3.05, 3.63) is 29.8 Å². The summed E-state index contributed by atoms with van der Waals surface area (Å²) in [7, 11) is 0. The Labute approximate surface area is 122 Å². The second-order valence-corrected chi connectivity index (χ2v) is 4.33. The molecule has 1 unspecified atom stereocenters. The van der Waals surface area contributed by atoms with Crippen LogP contribution >= 0.6 is 0 Å². The van der Waals surface area contributed by atoms with E-state index in [1.807, 2.05) is 6.92 Å². The Morgan fingerprint density at radius 3 is 2.67 bits per heavy atom. The van der Waals surface area contributed by atoms with Gasteiger partial charge in [0, 0.05) is 12.0 Å². The first-order chi connectivity index (χ1) is 9.93. The Hall–Kier alpha value is -2.57. The minimum atomic E-state index is -1.22. The zero-order valence-electron chi connectivity index (χ0n) is 11.7. The number of carbonyl (C=O) groups excluding carboxylic acids is 2. The van der Waals surface area contributed by atoms with E-state index in [4.69, 9.17) is 15.6 Å². The van der Waals surface area contributed by atoms with Gasteiger partial charge in [-0.2, -0.15) is 0 Å². The molecule has 2 amide bonds. The van der Waals surface area contributed by atoms with Crippen LogP contribution in [0, 0.1) is 0 Å². The molecule has 4 N–H and O–H groups in total. The Bertz CT molecular complexity index is 530. The van der Waals surface area contributed by atoms with E-state index < -0.39 is 23.8 Å². The Balaban J connectivity index is 2.74. The van der Waals surface area contributed by atoms with E-state index >= 15 is 0 Å². The fraction of sp³-hybridized carbons (Fsp3) is 0.357. The Morgan fingerprint density at radius 2 is 2.10 bits per heavy atom. The van der Waals surface area contributed by atoms with Gasteiger partial charge in [-0.15, -0.1) is 0 Å². The molecule has 0 bridgehead atoms. The van der Waals surface area contributed by atoms with Crippen molar-refractivity contribution in [2.24, 2.45) is 5.73 Å². The highest BCUT2D eigenvalue weighted by Crippen LogP contribution is 2.13. The quantitative estimate of drug-likeness (QED) is 0.646. The van der Waals surface area contributed by atoms with Crippen LogP contribution < -0.4 is 15.8 Å². The summed E-state index contributed by atoms with van der Waals surface area (Å²) in [6, 6.07) is 5.23. The molecule has 1 atom stereocenters. The molecule has 1 aromatic carbocycles. The third-order valence-corrected chi connectivity index (χ3v) is 2.69. The first-order valence-corrected chi connectivity index (χ1v) is 6.49. The van der Waals surface area contributed by atoms with E-state index in [1.165, 1.54) is 6.07 Å². The molecular weight excluding hydrogens is 276 g/mol. The number of benzene rings is 1. The molecule has 0 aliphatic heterocycles. The van der Waals surface area contributed by atoms with E-state index in [1.54, 1.807) is 18.2 Å². The highest BCUT2D eigenvalue weighted by atomic mass is 16.5. The third kappa shape index (κ3) is 5.52. The highest BCUT2D eigenvalue weighted by molar-refractivity contribution is 5.97. The summed E-state index contributed by atoms with van der Waals surface area (Å²) in [4.78, 5) is 33.8. The molecule has 114 valence electrons. The largest absolute Gasteiger partial charge is 0.494 e. The fourth-order valence-electron chi connectivity index (χ4n) is 1.68. The van der Waals surface area contributed by atoms with Gasteiger partial charge in [-0.3, -0.25) is 9.59 Å². The minimum absolute atomic E-state index is 0.0540. The molecule has 7 heteroatoms. The molecule has 0 radical (unpaired) electrons. The molecule has 0 aromatic heterocycles. The van der Waals surface area contributed by atoms with E-state index in [-0.39, 0.29) is 18.4 Å². The van der Waals surface area contributed by atoms with Gasteiger partial charge in [0.1, 0.15) is 11.8 Å². The average molecular weight is 294 g/mol. The third-order valence-electron chi connectivity index (χ3n) is 2.69. The van der Waals surface area contributed by atoms with Crippen LogP contribution in [0.4, 0.5) is 0 Å². The molecule has 0 saturated carbocycles. The number of carbonyl (C=O) groups is 3. The first-order valence-electron chi connectivity index (χ1n) is 6.49. The smallest absolute Gasteiger partial charge is 0.326 e. The molecule has 0 aliphatic carbocycles. The van der Waals surface area contributed by atoms with Gasteiger partial charge < -0.3 is 20.9 Å². The van der Waals surface area contributed by atoms with E-state index in [2.05, 4.69) is 5.32 Å². The van der Waals surface area contributed by atoms with Crippen LogP contribution in [0.3, 0.4) is 0 Å². The predicted molar refractivity (Wildman–Crippen MR) is 74.9 cm³/mol. The van der Waals surface area contributed by atoms with Crippen molar-refractivity contribution >= 4 is 17.8 Å². The van der Waals surface area contributed by atoms with Crippen molar-refractivity contribution in [3.8, 4) is 5.75 Å². The number of carboxylic acid groups (broad SMARTS) is 1. The molecular formula is C14H18N2O5. The summed E-state index contributed by atoms with van der Waals surface area (Å²) in [5.41, 5.74) is 5.26. The van der Waals surface area contributed by atoms with Crippen molar-refractivity contribution < 1.29 is 24.2 Å². The fourth-order valence-corrected chi connectivity index (χ4v) is 1.68. The second kappa shape index (κ2) is 7.88. The minimum Gasteiger partial charge on any atom is -0.494 e. The lowest BCUT2D eigenvalue weighted by atomic mass is 10.1. The summed E-state index contributed by atoms with van der Waals surface area (Å²) < 4.78 is 5.27. The van der Waals surface area contributed by atoms with Gasteiger partial charge >= 0.3 is 5.97 Å². The molecule has 0 spiro atoms. The molecule has 0 saturated heterocycles. The van der Waals surface area contributed by atoms with Crippen LogP contribution in [0.25, 0.3) is 0 Å². The summed E-state index contributed by atoms with van der Waals surface area (Å²) in [5.74, 6) is -1.86. The van der Waals surface area contributed by atoms with Crippen molar-refractivity contribution in [2.75, 3.05) is 6.61 Å². The lowest BCUT2D eigenvalue weighted by Crippen LogP contribution is -2.41. The summed E-state index contributed by atoms with van der Waals surface area (Å²) >= 11 is 0. The average Bonchev–Trinajstić information content (AvgIpc) is 2.43. The van der Waals surface area contributed by atoms with Gasteiger partial charge in [0.25, 0.3) is 5.91 Å². The van der Waals surface area contributed by atoms with Crippen LogP contribution in [0.5, 0.6) is 5.75 Å². The molecule has 7 nitrogen and oxygen atoms in total. The number of aliphatic carboxylic acids is 1. The number of ether oxygens (including phenoxy) is 1. The van der Waals surface area contributed by atoms with Gasteiger partial charge in [-0.25, -0.2) is 4.79 Å². The van der Waals surface area contributed by atoms with Crippen LogP contribution in [-0.4, -0.2) is 35.5 Å². The lowest BCUT2D eigenvalue weighted by molar-refractivity contribution is -0.139. The number of hydrogen-bond acceptors (Lipinski definition) is 4. The number of nitrogens with two attached hydrogens (primary N) is 1. The van der Waals surface area contributed by atoms with Gasteiger partial charge in [0.05, 0.1) is 6.61 Å². The van der Waals surface area contributed by atoms with E-state index in [9.17, 15) is 14.4 Å². The van der Waals surface area contributed by atoms with Crippen molar-refractivity contribution in [2.45, 2.75) is 25.8 Å². The first kappa shape index (κ1) is 16.5. The summed E-state index contributed by atoms with van der Waals surface area (Å²) in [6.07, 6.45) is -0.169. The van der Waals surface area contributed by atoms with Gasteiger partial charge in [0.2, 0.25) is 5.91 Å². The van der Waals surface area contributed by atoms with Crippen molar-refractivity contribution in [3.63, 3.8) is 0 Å². The molecule has 0 heterocycles. The molecule has 0 fully saturated rings. The lowest BCUT2D eigenvalue weighted by Gasteiger charge is -2.14. The normalized spacial score (nSPS) is 11.5. The number of amides is 2. The topological polar surface area (TPSA) is 119 Å². The van der Waals surface area contributed by atoms with Gasteiger partial charge in [0.15, 0.2) is 0 Å². The predicted octanol–water partition coefficient (Wildman–Crippen LogP) is 0.534. The maximum absolute atomic E-state index is 12.0. The SMILES string of the molecule is CCOc1cccc(C(=O)NC(CCC(N)=O)C(=O)O)c1. The van der Waals surface area contributed by atoms with Crippen LogP contribution in [0.15, 0.2) is 24.3 Å². The standard InChI is InChI=1S/C14H18N2O5/c1-2-21-10-5-3-4-9(8-10)13(18)16-11(14(19)20)6-7-12(15)17/h3-5,8,11H,2,6-7H2,1H3,(H2,15,17)(H,16,18)(H,19,20). The maximum Gasteiger partial charge on any atom is 0.326 e. The summed E-state index contributed by atoms with van der Waals surface area (Å²) in [6.45, 7) is 2.28. The number of primary amides is 1. The van der Waals surface area contributed by atoms with Crippen LogP contribution in [0.1, 0.15) is 30.1 Å². The molecule has 0 aliphatic rings. The second-order valence-electron chi connectivity index (χ2n) is 4.33. The van der Waals surface area contributed by atoms with E-state index in [0.717, 1.165) is 0 Å². The number of carboxylic acids is 1. The Kier molecular flexibility index (Phi) is 6.19. The number of hydrogen-bond donors (Lipinski definition) is 3. The molecule has 1 aromatic rings. The van der Waals surface area contributed by atoms with Gasteiger partial charge in [-0.1, -0.05) is 6.07 Å². The highest BCUT2D eigenvalue weighted by Gasteiger charge is 2.21.